The molecule has 2 aromatic rings. The van der Waals surface area contributed by atoms with Crippen molar-refractivity contribution in [2.75, 3.05) is 0 Å². The van der Waals surface area contributed by atoms with Gasteiger partial charge in [0.2, 0.25) is 0 Å². The summed E-state index contributed by atoms with van der Waals surface area (Å²) in [7, 11) is 0. The lowest BCUT2D eigenvalue weighted by Crippen LogP contribution is -2.15. The third-order valence-electron chi connectivity index (χ3n) is 2.82. The minimum Gasteiger partial charge on any atom is -0.364 e. The molecule has 1 amide bonds. The van der Waals surface area contributed by atoms with Crippen molar-refractivity contribution in [2.45, 2.75) is 26.8 Å². The highest BCUT2D eigenvalue weighted by Crippen LogP contribution is 2.10. The predicted octanol–water partition coefficient (Wildman–Crippen LogP) is 1.30. The van der Waals surface area contributed by atoms with Crippen LogP contribution in [0.2, 0.25) is 0 Å². The van der Waals surface area contributed by atoms with Gasteiger partial charge in [-0.2, -0.15) is 0 Å². The van der Waals surface area contributed by atoms with Crippen LogP contribution in [0.4, 0.5) is 0 Å². The average Bonchev–Trinajstić information content (AvgIpc) is 2.72. The van der Waals surface area contributed by atoms with Gasteiger partial charge in [-0.15, -0.1) is 5.10 Å². The van der Waals surface area contributed by atoms with Crippen LogP contribution >= 0.6 is 0 Å². The van der Waals surface area contributed by atoms with E-state index in [4.69, 9.17) is 5.73 Å². The Morgan fingerprint density at radius 3 is 2.83 bits per heavy atom. The maximum Gasteiger partial charge on any atom is 0.271 e. The first-order valence-corrected chi connectivity index (χ1v) is 5.89. The zero-order chi connectivity index (χ0) is 13.1. The number of benzene rings is 1. The van der Waals surface area contributed by atoms with E-state index in [-0.39, 0.29) is 5.69 Å². The zero-order valence-corrected chi connectivity index (χ0v) is 10.6. The minimum atomic E-state index is -0.526. The van der Waals surface area contributed by atoms with E-state index in [2.05, 4.69) is 16.4 Å². The number of aromatic nitrogens is 3. The Kier molecular flexibility index (Phi) is 3.41. The predicted molar refractivity (Wildman–Crippen MR) is 68.2 cm³/mol. The largest absolute Gasteiger partial charge is 0.364 e. The highest BCUT2D eigenvalue weighted by atomic mass is 16.1. The number of hydrogen-bond donors (Lipinski definition) is 1. The molecule has 0 aliphatic carbocycles. The highest BCUT2D eigenvalue weighted by Gasteiger charge is 2.15. The Balaban J connectivity index is 2.32. The standard InChI is InChI=1S/C13H16N4O/c1-3-11-12(13(14)18)15-16-17(11)8-10-6-4-5-9(2)7-10/h4-7H,3,8H2,1-2H3,(H2,14,18). The monoisotopic (exact) mass is 244 g/mol. The number of primary amides is 1. The number of amides is 1. The van der Waals surface area contributed by atoms with Gasteiger partial charge >= 0.3 is 0 Å². The number of nitrogens with two attached hydrogens (primary N) is 1. The van der Waals surface area contributed by atoms with Gasteiger partial charge in [0, 0.05) is 0 Å². The van der Waals surface area contributed by atoms with Crippen LogP contribution in [0.1, 0.15) is 34.2 Å². The van der Waals surface area contributed by atoms with Gasteiger partial charge in [-0.05, 0) is 18.9 Å². The van der Waals surface area contributed by atoms with Crippen molar-refractivity contribution < 1.29 is 4.79 Å². The van der Waals surface area contributed by atoms with E-state index in [1.807, 2.05) is 32.0 Å². The molecule has 0 saturated heterocycles. The molecule has 0 unspecified atom stereocenters. The fourth-order valence-electron chi connectivity index (χ4n) is 1.98. The summed E-state index contributed by atoms with van der Waals surface area (Å²) in [5.74, 6) is -0.526. The molecule has 2 N–H and O–H groups in total. The Morgan fingerprint density at radius 1 is 1.44 bits per heavy atom. The zero-order valence-electron chi connectivity index (χ0n) is 10.6. The van der Waals surface area contributed by atoms with Crippen LogP contribution < -0.4 is 5.73 Å². The van der Waals surface area contributed by atoms with Gasteiger partial charge in [-0.3, -0.25) is 4.79 Å². The summed E-state index contributed by atoms with van der Waals surface area (Å²) >= 11 is 0. The number of carbonyl (C=O) groups is 1. The first kappa shape index (κ1) is 12.3. The Morgan fingerprint density at radius 2 is 2.22 bits per heavy atom. The lowest BCUT2D eigenvalue weighted by atomic mass is 10.1. The number of rotatable bonds is 4. The second-order valence-corrected chi connectivity index (χ2v) is 4.25. The molecule has 18 heavy (non-hydrogen) atoms. The quantitative estimate of drug-likeness (QED) is 0.880. The summed E-state index contributed by atoms with van der Waals surface area (Å²) in [6.45, 7) is 4.60. The molecule has 94 valence electrons. The van der Waals surface area contributed by atoms with E-state index in [0.717, 1.165) is 11.3 Å². The lowest BCUT2D eigenvalue weighted by molar-refractivity contribution is 0.0994. The minimum absolute atomic E-state index is 0.269. The molecule has 1 aromatic heterocycles. The first-order valence-electron chi connectivity index (χ1n) is 5.89. The van der Waals surface area contributed by atoms with E-state index in [0.29, 0.717) is 13.0 Å². The normalized spacial score (nSPS) is 10.6. The number of nitrogens with zero attached hydrogens (tertiary/aromatic N) is 3. The van der Waals surface area contributed by atoms with Crippen LogP contribution in [-0.2, 0) is 13.0 Å². The fraction of sp³-hybridized carbons (Fsp3) is 0.308. The number of aryl methyl sites for hydroxylation is 1. The maximum absolute atomic E-state index is 11.2. The molecule has 0 saturated carbocycles. The maximum atomic E-state index is 11.2. The first-order chi connectivity index (χ1) is 8.61. The highest BCUT2D eigenvalue weighted by molar-refractivity contribution is 5.91. The molecule has 1 aromatic carbocycles. The summed E-state index contributed by atoms with van der Waals surface area (Å²) in [4.78, 5) is 11.2. The van der Waals surface area contributed by atoms with Crippen LogP contribution in [-0.4, -0.2) is 20.9 Å². The Labute approximate surface area is 106 Å². The van der Waals surface area contributed by atoms with Crippen molar-refractivity contribution in [3.63, 3.8) is 0 Å². The van der Waals surface area contributed by atoms with E-state index in [1.165, 1.54) is 5.56 Å². The molecule has 0 spiro atoms. The molecular weight excluding hydrogens is 228 g/mol. The second kappa shape index (κ2) is 5.00. The molecule has 5 nitrogen and oxygen atoms in total. The van der Waals surface area contributed by atoms with Gasteiger partial charge in [0.25, 0.3) is 5.91 Å². The van der Waals surface area contributed by atoms with Crippen LogP contribution in [0, 0.1) is 6.92 Å². The SMILES string of the molecule is CCc1c(C(N)=O)nnn1Cc1cccc(C)c1. The van der Waals surface area contributed by atoms with Crippen molar-refractivity contribution in [3.8, 4) is 0 Å². The molecule has 0 fully saturated rings. The van der Waals surface area contributed by atoms with Crippen molar-refractivity contribution in [2.24, 2.45) is 5.73 Å². The summed E-state index contributed by atoms with van der Waals surface area (Å²) in [6.07, 6.45) is 0.678. The Hall–Kier alpha value is -2.17. The fourth-order valence-corrected chi connectivity index (χ4v) is 1.98. The van der Waals surface area contributed by atoms with Crippen molar-refractivity contribution in [1.29, 1.82) is 0 Å². The molecule has 0 bridgehead atoms. The number of hydrogen-bond acceptors (Lipinski definition) is 3. The molecule has 0 atom stereocenters. The van der Waals surface area contributed by atoms with E-state index >= 15 is 0 Å². The molecule has 0 radical (unpaired) electrons. The van der Waals surface area contributed by atoms with E-state index < -0.39 is 5.91 Å². The van der Waals surface area contributed by atoms with Crippen molar-refractivity contribution in [1.82, 2.24) is 15.0 Å². The van der Waals surface area contributed by atoms with Crippen LogP contribution in [0.15, 0.2) is 24.3 Å². The molecule has 0 aliphatic rings. The summed E-state index contributed by atoms with van der Waals surface area (Å²) in [5.41, 5.74) is 8.64. The number of carbonyl (C=O) groups excluding carboxylic acids is 1. The molecular formula is C13H16N4O. The average molecular weight is 244 g/mol. The van der Waals surface area contributed by atoms with Gasteiger partial charge < -0.3 is 5.73 Å². The van der Waals surface area contributed by atoms with Gasteiger partial charge in [0.1, 0.15) is 0 Å². The van der Waals surface area contributed by atoms with Crippen LogP contribution in [0.25, 0.3) is 0 Å². The third kappa shape index (κ3) is 2.40. The van der Waals surface area contributed by atoms with Crippen LogP contribution in [0.5, 0.6) is 0 Å². The summed E-state index contributed by atoms with van der Waals surface area (Å²) in [5, 5.41) is 7.84. The summed E-state index contributed by atoms with van der Waals surface area (Å²) < 4.78 is 1.73. The van der Waals surface area contributed by atoms with Crippen LogP contribution in [0.3, 0.4) is 0 Å². The van der Waals surface area contributed by atoms with E-state index in [1.54, 1.807) is 4.68 Å². The van der Waals surface area contributed by atoms with Gasteiger partial charge in [0.15, 0.2) is 5.69 Å². The van der Waals surface area contributed by atoms with Gasteiger partial charge in [-0.25, -0.2) is 4.68 Å². The third-order valence-corrected chi connectivity index (χ3v) is 2.82. The summed E-state index contributed by atoms with van der Waals surface area (Å²) in [6, 6.07) is 8.16. The van der Waals surface area contributed by atoms with E-state index in [9.17, 15) is 4.79 Å². The molecule has 2 rings (SSSR count). The molecule has 1 heterocycles. The molecule has 5 heteroatoms. The molecule has 0 aliphatic heterocycles. The smallest absolute Gasteiger partial charge is 0.271 e. The van der Waals surface area contributed by atoms with Crippen molar-refractivity contribution in [3.05, 3.63) is 46.8 Å². The second-order valence-electron chi connectivity index (χ2n) is 4.25. The lowest BCUT2D eigenvalue weighted by Gasteiger charge is -2.06. The Bertz CT molecular complexity index is 574. The topological polar surface area (TPSA) is 73.8 Å². The van der Waals surface area contributed by atoms with Gasteiger partial charge in [-0.1, -0.05) is 42.0 Å². The van der Waals surface area contributed by atoms with Gasteiger partial charge in [0.05, 0.1) is 12.2 Å². The van der Waals surface area contributed by atoms with Crippen molar-refractivity contribution >= 4 is 5.91 Å².